The summed E-state index contributed by atoms with van der Waals surface area (Å²) in [6, 6.07) is 7.36. The first-order valence-corrected chi connectivity index (χ1v) is 6.22. The predicted molar refractivity (Wildman–Crippen MR) is 66.7 cm³/mol. The van der Waals surface area contributed by atoms with E-state index in [0.717, 1.165) is 5.52 Å². The Labute approximate surface area is 96.3 Å². The number of hydrogen-bond acceptors (Lipinski definition) is 1. The van der Waals surface area contributed by atoms with Crippen LogP contribution in [0.15, 0.2) is 24.5 Å². The average molecular weight is 214 g/mol. The Balaban J connectivity index is 2.11. The Kier molecular flexibility index (Phi) is 2.23. The summed E-state index contributed by atoms with van der Waals surface area (Å²) in [5.74, 6) is 0.592. The van der Waals surface area contributed by atoms with E-state index in [1.165, 1.54) is 30.3 Å². The molecule has 0 amide bonds. The van der Waals surface area contributed by atoms with Gasteiger partial charge in [0.1, 0.15) is 0 Å². The average Bonchev–Trinajstić information content (AvgIpc) is 2.59. The van der Waals surface area contributed by atoms with Gasteiger partial charge < -0.3 is 4.57 Å². The van der Waals surface area contributed by atoms with E-state index >= 15 is 0 Å². The highest BCUT2D eigenvalue weighted by Crippen LogP contribution is 2.34. The van der Waals surface area contributed by atoms with Crippen molar-refractivity contribution in [2.45, 2.75) is 45.1 Å². The molecule has 1 fully saturated rings. The third-order valence-corrected chi connectivity index (χ3v) is 3.73. The summed E-state index contributed by atoms with van der Waals surface area (Å²) >= 11 is 0. The predicted octanol–water partition coefficient (Wildman–Crippen LogP) is 3.88. The van der Waals surface area contributed by atoms with E-state index in [4.69, 9.17) is 0 Å². The van der Waals surface area contributed by atoms with Crippen molar-refractivity contribution >= 4 is 11.0 Å². The molecule has 2 nitrogen and oxygen atoms in total. The first-order valence-electron chi connectivity index (χ1n) is 6.22. The van der Waals surface area contributed by atoms with Crippen LogP contribution in [0.3, 0.4) is 0 Å². The highest BCUT2D eigenvalue weighted by molar-refractivity contribution is 5.76. The van der Waals surface area contributed by atoms with E-state index < -0.39 is 0 Å². The number of hydrogen-bond donors (Lipinski definition) is 0. The van der Waals surface area contributed by atoms with E-state index in [1.807, 2.05) is 6.33 Å². The Morgan fingerprint density at radius 2 is 2.12 bits per heavy atom. The summed E-state index contributed by atoms with van der Waals surface area (Å²) in [6.07, 6.45) is 6.02. The summed E-state index contributed by atoms with van der Waals surface area (Å²) in [5, 5.41) is 0. The minimum absolute atomic E-state index is 0.592. The lowest BCUT2D eigenvalue weighted by molar-refractivity contribution is 0.320. The second kappa shape index (κ2) is 3.62. The van der Waals surface area contributed by atoms with Crippen molar-refractivity contribution in [2.75, 3.05) is 0 Å². The highest BCUT2D eigenvalue weighted by atomic mass is 15.1. The normalized spacial score (nSPS) is 16.9. The zero-order chi connectivity index (χ0) is 11.1. The fraction of sp³-hybridized carbons (Fsp3) is 0.500. The van der Waals surface area contributed by atoms with E-state index in [0.29, 0.717) is 12.0 Å². The van der Waals surface area contributed by atoms with E-state index in [1.54, 1.807) is 0 Å². The molecular formula is C14H18N2. The molecule has 1 saturated carbocycles. The second-order valence-electron chi connectivity index (χ2n) is 5.14. The molecule has 0 radical (unpaired) electrons. The summed E-state index contributed by atoms with van der Waals surface area (Å²) in [5.41, 5.74) is 3.86. The molecule has 1 aromatic heterocycles. The summed E-state index contributed by atoms with van der Waals surface area (Å²) < 4.78 is 2.37. The summed E-state index contributed by atoms with van der Waals surface area (Å²) in [4.78, 5) is 4.48. The van der Waals surface area contributed by atoms with Gasteiger partial charge in [0, 0.05) is 6.04 Å². The summed E-state index contributed by atoms with van der Waals surface area (Å²) in [6.45, 7) is 4.48. The molecule has 0 unspecified atom stereocenters. The Morgan fingerprint density at radius 1 is 1.31 bits per heavy atom. The Bertz CT molecular complexity index is 506. The molecule has 2 aromatic rings. The topological polar surface area (TPSA) is 17.8 Å². The van der Waals surface area contributed by atoms with Crippen molar-refractivity contribution in [1.82, 2.24) is 9.55 Å². The zero-order valence-electron chi connectivity index (χ0n) is 9.98. The van der Waals surface area contributed by atoms with Crippen LogP contribution < -0.4 is 0 Å². The van der Waals surface area contributed by atoms with Gasteiger partial charge in [-0.2, -0.15) is 0 Å². The van der Waals surface area contributed by atoms with Gasteiger partial charge in [-0.05, 0) is 42.9 Å². The molecule has 84 valence electrons. The van der Waals surface area contributed by atoms with E-state index in [9.17, 15) is 0 Å². The zero-order valence-corrected chi connectivity index (χ0v) is 9.98. The lowest BCUT2D eigenvalue weighted by Crippen LogP contribution is -2.15. The molecule has 1 aliphatic carbocycles. The fourth-order valence-corrected chi connectivity index (χ4v) is 2.36. The molecular weight excluding hydrogens is 196 g/mol. The van der Waals surface area contributed by atoms with Gasteiger partial charge >= 0.3 is 0 Å². The molecule has 0 N–H and O–H groups in total. The monoisotopic (exact) mass is 214 g/mol. The highest BCUT2D eigenvalue weighted by Gasteiger charge is 2.21. The van der Waals surface area contributed by atoms with Crippen LogP contribution in [0.2, 0.25) is 0 Å². The van der Waals surface area contributed by atoms with Gasteiger partial charge in [-0.25, -0.2) is 4.98 Å². The number of benzene rings is 1. The van der Waals surface area contributed by atoms with Crippen LogP contribution in [0.25, 0.3) is 11.0 Å². The standard InChI is InChI=1S/C14H18N2/c1-10(2)11-6-7-13-14(8-11)16(9-15-13)12-4-3-5-12/h6-10,12H,3-5H2,1-2H3. The van der Waals surface area contributed by atoms with Crippen LogP contribution >= 0.6 is 0 Å². The van der Waals surface area contributed by atoms with Crippen LogP contribution in [0.5, 0.6) is 0 Å². The van der Waals surface area contributed by atoms with Crippen molar-refractivity contribution in [3.8, 4) is 0 Å². The molecule has 1 aliphatic rings. The molecule has 1 heterocycles. The molecule has 16 heavy (non-hydrogen) atoms. The molecule has 2 heteroatoms. The van der Waals surface area contributed by atoms with Crippen LogP contribution in [0, 0.1) is 0 Å². The number of nitrogens with zero attached hydrogens (tertiary/aromatic N) is 2. The summed E-state index contributed by atoms with van der Waals surface area (Å²) in [7, 11) is 0. The van der Waals surface area contributed by atoms with E-state index in [-0.39, 0.29) is 0 Å². The SMILES string of the molecule is CC(C)c1ccc2ncn(C3CCC3)c2c1. The first kappa shape index (κ1) is 9.88. The number of fused-ring (bicyclic) bond motifs is 1. The molecule has 0 spiro atoms. The van der Waals surface area contributed by atoms with Crippen LogP contribution in [0.1, 0.15) is 50.6 Å². The van der Waals surface area contributed by atoms with Gasteiger partial charge in [-0.15, -0.1) is 0 Å². The maximum atomic E-state index is 4.48. The number of imidazole rings is 1. The number of rotatable bonds is 2. The van der Waals surface area contributed by atoms with Gasteiger partial charge in [0.05, 0.1) is 17.4 Å². The maximum absolute atomic E-state index is 4.48. The molecule has 1 aromatic carbocycles. The van der Waals surface area contributed by atoms with Crippen molar-refractivity contribution in [3.05, 3.63) is 30.1 Å². The van der Waals surface area contributed by atoms with Gasteiger partial charge in [0.25, 0.3) is 0 Å². The van der Waals surface area contributed by atoms with Gasteiger partial charge in [-0.1, -0.05) is 19.9 Å². The maximum Gasteiger partial charge on any atom is 0.0960 e. The van der Waals surface area contributed by atoms with Gasteiger partial charge in [-0.3, -0.25) is 0 Å². The van der Waals surface area contributed by atoms with Crippen molar-refractivity contribution in [2.24, 2.45) is 0 Å². The molecule has 0 bridgehead atoms. The smallest absolute Gasteiger partial charge is 0.0960 e. The molecule has 0 aliphatic heterocycles. The largest absolute Gasteiger partial charge is 0.327 e. The van der Waals surface area contributed by atoms with Crippen molar-refractivity contribution in [1.29, 1.82) is 0 Å². The van der Waals surface area contributed by atoms with Gasteiger partial charge in [0.2, 0.25) is 0 Å². The van der Waals surface area contributed by atoms with Crippen LogP contribution in [0.4, 0.5) is 0 Å². The van der Waals surface area contributed by atoms with E-state index in [2.05, 4.69) is 41.6 Å². The minimum Gasteiger partial charge on any atom is -0.327 e. The minimum atomic E-state index is 0.592. The third-order valence-electron chi connectivity index (χ3n) is 3.73. The first-order chi connectivity index (χ1) is 7.75. The number of aromatic nitrogens is 2. The second-order valence-corrected chi connectivity index (χ2v) is 5.14. The lowest BCUT2D eigenvalue weighted by Gasteiger charge is -2.27. The Morgan fingerprint density at radius 3 is 2.75 bits per heavy atom. The lowest BCUT2D eigenvalue weighted by atomic mass is 9.92. The van der Waals surface area contributed by atoms with Crippen molar-refractivity contribution in [3.63, 3.8) is 0 Å². The van der Waals surface area contributed by atoms with Crippen LogP contribution in [-0.2, 0) is 0 Å². The Hall–Kier alpha value is -1.31. The molecule has 3 rings (SSSR count). The van der Waals surface area contributed by atoms with Crippen molar-refractivity contribution < 1.29 is 0 Å². The van der Waals surface area contributed by atoms with Gasteiger partial charge in [0.15, 0.2) is 0 Å². The van der Waals surface area contributed by atoms with Crippen LogP contribution in [-0.4, -0.2) is 9.55 Å². The molecule has 0 saturated heterocycles. The third kappa shape index (κ3) is 1.44. The quantitative estimate of drug-likeness (QED) is 0.741. The molecule has 0 atom stereocenters. The fourth-order valence-electron chi connectivity index (χ4n) is 2.36.